The van der Waals surface area contributed by atoms with Crippen LogP contribution in [0.2, 0.25) is 0 Å². The van der Waals surface area contributed by atoms with E-state index in [0.717, 1.165) is 10.5 Å². The summed E-state index contributed by atoms with van der Waals surface area (Å²) in [7, 11) is 1.48. The molecular formula is C26H23FN2O4. The molecule has 4 rings (SSSR count). The predicted molar refractivity (Wildman–Crippen MR) is 125 cm³/mol. The van der Waals surface area contributed by atoms with E-state index in [2.05, 4.69) is 5.32 Å². The highest BCUT2D eigenvalue weighted by Gasteiger charge is 2.41. The number of aryl methyl sites for hydroxylation is 1. The van der Waals surface area contributed by atoms with Crippen LogP contribution < -0.4 is 19.7 Å². The van der Waals surface area contributed by atoms with E-state index in [1.165, 1.54) is 31.4 Å². The van der Waals surface area contributed by atoms with E-state index in [4.69, 9.17) is 9.47 Å². The Kier molecular flexibility index (Phi) is 6.13. The molecule has 0 unspecified atom stereocenters. The average molecular weight is 446 g/mol. The van der Waals surface area contributed by atoms with Crippen LogP contribution >= 0.6 is 0 Å². The maximum Gasteiger partial charge on any atom is 0.282 e. The lowest BCUT2D eigenvalue weighted by atomic mass is 10.0. The van der Waals surface area contributed by atoms with Gasteiger partial charge in [0.2, 0.25) is 0 Å². The number of nitrogens with one attached hydrogen (secondary N) is 1. The summed E-state index contributed by atoms with van der Waals surface area (Å²) in [5, 5.41) is 3.09. The van der Waals surface area contributed by atoms with Crippen molar-refractivity contribution in [3.8, 4) is 11.5 Å². The molecule has 0 fully saturated rings. The fourth-order valence-corrected chi connectivity index (χ4v) is 3.70. The first-order chi connectivity index (χ1) is 15.9. The van der Waals surface area contributed by atoms with Crippen molar-refractivity contribution < 1.29 is 23.5 Å². The van der Waals surface area contributed by atoms with Crippen LogP contribution in [0.5, 0.6) is 11.5 Å². The normalized spacial score (nSPS) is 13.5. The lowest BCUT2D eigenvalue weighted by Crippen LogP contribution is -2.32. The minimum Gasteiger partial charge on any atom is -0.495 e. The summed E-state index contributed by atoms with van der Waals surface area (Å²) in [5.41, 5.74) is 2.43. The second-order valence-corrected chi connectivity index (χ2v) is 7.46. The summed E-state index contributed by atoms with van der Waals surface area (Å²) in [6, 6.07) is 17.8. The van der Waals surface area contributed by atoms with Gasteiger partial charge in [-0.25, -0.2) is 9.29 Å². The Morgan fingerprint density at radius 3 is 2.42 bits per heavy atom. The molecule has 1 heterocycles. The van der Waals surface area contributed by atoms with Gasteiger partial charge in [-0.2, -0.15) is 0 Å². The molecule has 0 saturated heterocycles. The Morgan fingerprint density at radius 2 is 1.73 bits per heavy atom. The molecule has 6 nitrogen and oxygen atoms in total. The summed E-state index contributed by atoms with van der Waals surface area (Å²) in [6.45, 7) is 4.23. The van der Waals surface area contributed by atoms with Gasteiger partial charge >= 0.3 is 0 Å². The molecule has 0 aliphatic carbocycles. The van der Waals surface area contributed by atoms with Gasteiger partial charge in [-0.1, -0.05) is 24.3 Å². The molecular weight excluding hydrogens is 423 g/mol. The summed E-state index contributed by atoms with van der Waals surface area (Å²) in [4.78, 5) is 28.3. The van der Waals surface area contributed by atoms with Crippen molar-refractivity contribution in [2.75, 3.05) is 23.9 Å². The van der Waals surface area contributed by atoms with Gasteiger partial charge in [-0.05, 0) is 61.4 Å². The molecule has 0 bridgehead atoms. The number of carbonyl (C=O) groups excluding carboxylic acids is 2. The number of amides is 2. The molecule has 33 heavy (non-hydrogen) atoms. The Morgan fingerprint density at radius 1 is 0.970 bits per heavy atom. The fraction of sp³-hybridized carbons (Fsp3) is 0.154. The van der Waals surface area contributed by atoms with Crippen LogP contribution in [0.4, 0.5) is 15.8 Å². The molecule has 0 saturated carbocycles. The Hall–Kier alpha value is -4.13. The maximum atomic E-state index is 13.6. The molecule has 1 aliphatic heterocycles. The average Bonchev–Trinajstić information content (AvgIpc) is 3.04. The topological polar surface area (TPSA) is 67.9 Å². The molecule has 168 valence electrons. The van der Waals surface area contributed by atoms with Crippen molar-refractivity contribution >= 4 is 28.8 Å². The predicted octanol–water partition coefficient (Wildman–Crippen LogP) is 4.94. The fourth-order valence-electron chi connectivity index (χ4n) is 3.70. The van der Waals surface area contributed by atoms with Crippen LogP contribution in [0, 0.1) is 12.7 Å². The standard InChI is InChI=1S/C26H23FN2O4/c1-4-33-20-7-5-6-19(15-20)28-24-23(17-9-11-18(27)12-10-17)25(30)29(26(24)31)21-14-16(2)8-13-22(21)32-3/h5-15,28H,4H2,1-3H3. The monoisotopic (exact) mass is 446 g/mol. The van der Waals surface area contributed by atoms with Gasteiger partial charge in [0.15, 0.2) is 0 Å². The molecule has 0 atom stereocenters. The Bertz CT molecular complexity index is 1250. The van der Waals surface area contributed by atoms with Gasteiger partial charge in [0.05, 0.1) is 25.0 Å². The highest BCUT2D eigenvalue weighted by molar-refractivity contribution is 6.46. The number of halogens is 1. The molecule has 1 aliphatic rings. The van der Waals surface area contributed by atoms with Crippen molar-refractivity contribution in [1.29, 1.82) is 0 Å². The summed E-state index contributed by atoms with van der Waals surface area (Å²) < 4.78 is 24.5. The zero-order valence-corrected chi connectivity index (χ0v) is 18.5. The lowest BCUT2D eigenvalue weighted by Gasteiger charge is -2.19. The highest BCUT2D eigenvalue weighted by atomic mass is 19.1. The van der Waals surface area contributed by atoms with Crippen LogP contribution in [-0.2, 0) is 9.59 Å². The van der Waals surface area contributed by atoms with Crippen LogP contribution in [0.25, 0.3) is 5.57 Å². The number of rotatable bonds is 7. The van der Waals surface area contributed by atoms with Crippen molar-refractivity contribution in [3.05, 3.63) is 89.4 Å². The number of imide groups is 1. The van der Waals surface area contributed by atoms with Gasteiger partial charge < -0.3 is 14.8 Å². The molecule has 0 radical (unpaired) electrons. The third kappa shape index (κ3) is 4.30. The van der Waals surface area contributed by atoms with Crippen molar-refractivity contribution in [1.82, 2.24) is 0 Å². The van der Waals surface area contributed by atoms with E-state index in [1.54, 1.807) is 36.4 Å². The smallest absolute Gasteiger partial charge is 0.282 e. The first-order valence-corrected chi connectivity index (χ1v) is 10.5. The summed E-state index contributed by atoms with van der Waals surface area (Å²) in [6.07, 6.45) is 0. The zero-order chi connectivity index (χ0) is 23.5. The molecule has 7 heteroatoms. The number of anilines is 2. The van der Waals surface area contributed by atoms with Crippen molar-refractivity contribution in [2.45, 2.75) is 13.8 Å². The number of carbonyl (C=O) groups is 2. The summed E-state index contributed by atoms with van der Waals surface area (Å²) >= 11 is 0. The zero-order valence-electron chi connectivity index (χ0n) is 18.5. The van der Waals surface area contributed by atoms with E-state index in [9.17, 15) is 14.0 Å². The van der Waals surface area contributed by atoms with Gasteiger partial charge in [0, 0.05) is 11.8 Å². The minimum absolute atomic E-state index is 0.0869. The van der Waals surface area contributed by atoms with Crippen LogP contribution in [0.15, 0.2) is 72.4 Å². The van der Waals surface area contributed by atoms with Crippen LogP contribution in [0.3, 0.4) is 0 Å². The quantitative estimate of drug-likeness (QED) is 0.521. The molecule has 0 aromatic heterocycles. The second-order valence-electron chi connectivity index (χ2n) is 7.46. The van der Waals surface area contributed by atoms with E-state index >= 15 is 0 Å². The summed E-state index contributed by atoms with van der Waals surface area (Å²) in [5.74, 6) is -0.489. The minimum atomic E-state index is -0.537. The van der Waals surface area contributed by atoms with Crippen molar-refractivity contribution in [3.63, 3.8) is 0 Å². The van der Waals surface area contributed by atoms with Gasteiger partial charge in [0.25, 0.3) is 11.8 Å². The van der Waals surface area contributed by atoms with Gasteiger partial charge in [-0.15, -0.1) is 0 Å². The van der Waals surface area contributed by atoms with Crippen molar-refractivity contribution in [2.24, 2.45) is 0 Å². The maximum absolute atomic E-state index is 13.6. The molecule has 3 aromatic rings. The Balaban J connectivity index is 1.83. The highest BCUT2D eigenvalue weighted by Crippen LogP contribution is 2.38. The van der Waals surface area contributed by atoms with Gasteiger partial charge in [0.1, 0.15) is 23.0 Å². The molecule has 0 spiro atoms. The largest absolute Gasteiger partial charge is 0.495 e. The number of nitrogens with zero attached hydrogens (tertiary/aromatic N) is 1. The number of hydrogen-bond donors (Lipinski definition) is 1. The first-order valence-electron chi connectivity index (χ1n) is 10.5. The lowest BCUT2D eigenvalue weighted by molar-refractivity contribution is -0.120. The van der Waals surface area contributed by atoms with Gasteiger partial charge in [-0.3, -0.25) is 9.59 Å². The van der Waals surface area contributed by atoms with Crippen LogP contribution in [-0.4, -0.2) is 25.5 Å². The third-order valence-electron chi connectivity index (χ3n) is 5.21. The van der Waals surface area contributed by atoms with Crippen LogP contribution in [0.1, 0.15) is 18.1 Å². The first kappa shape index (κ1) is 22.1. The molecule has 3 aromatic carbocycles. The van der Waals surface area contributed by atoms with E-state index < -0.39 is 17.6 Å². The number of methoxy groups -OCH3 is 1. The second kappa shape index (κ2) is 9.16. The number of hydrogen-bond acceptors (Lipinski definition) is 5. The SMILES string of the molecule is CCOc1cccc(NC2=C(c3ccc(F)cc3)C(=O)N(c3cc(C)ccc3OC)C2=O)c1. The molecule has 2 amide bonds. The Labute approximate surface area is 191 Å². The number of ether oxygens (including phenoxy) is 2. The van der Waals surface area contributed by atoms with E-state index in [-0.39, 0.29) is 11.3 Å². The number of benzene rings is 3. The van der Waals surface area contributed by atoms with E-state index in [1.807, 2.05) is 19.9 Å². The third-order valence-corrected chi connectivity index (χ3v) is 5.21. The molecule has 1 N–H and O–H groups in total. The van der Waals surface area contributed by atoms with E-state index in [0.29, 0.717) is 35.0 Å².